The van der Waals surface area contributed by atoms with Gasteiger partial charge in [0.25, 0.3) is 10.2 Å². The van der Waals surface area contributed by atoms with Crippen LogP contribution < -0.4 is 4.72 Å². The Bertz CT molecular complexity index is 391. The normalized spacial score (nSPS) is 13.9. The summed E-state index contributed by atoms with van der Waals surface area (Å²) in [5, 5.41) is 17.2. The van der Waals surface area contributed by atoms with Gasteiger partial charge in [-0.2, -0.15) is 17.4 Å². The van der Waals surface area contributed by atoms with Crippen molar-refractivity contribution in [1.29, 1.82) is 0 Å². The molecule has 0 heterocycles. The molecule has 17 heavy (non-hydrogen) atoms. The summed E-state index contributed by atoms with van der Waals surface area (Å²) in [5.41, 5.74) is 0. The molecule has 0 aromatic carbocycles. The van der Waals surface area contributed by atoms with E-state index < -0.39 is 34.6 Å². The summed E-state index contributed by atoms with van der Waals surface area (Å²) in [6.07, 6.45) is -0.819. The van der Waals surface area contributed by atoms with Crippen LogP contribution in [0.25, 0.3) is 0 Å². The average molecular weight is 268 g/mol. The van der Waals surface area contributed by atoms with Crippen LogP contribution in [0.2, 0.25) is 0 Å². The van der Waals surface area contributed by atoms with Crippen molar-refractivity contribution in [3.63, 3.8) is 0 Å². The summed E-state index contributed by atoms with van der Waals surface area (Å²) < 4.78 is 26.0. The van der Waals surface area contributed by atoms with Crippen molar-refractivity contribution in [3.8, 4) is 0 Å². The molecule has 0 aliphatic heterocycles. The number of nitrogens with one attached hydrogen (secondary N) is 1. The summed E-state index contributed by atoms with van der Waals surface area (Å²) in [4.78, 5) is 21.1. The van der Waals surface area contributed by atoms with Gasteiger partial charge in [-0.1, -0.05) is 0 Å². The second-order valence-electron chi connectivity index (χ2n) is 3.72. The van der Waals surface area contributed by atoms with Gasteiger partial charge in [-0.3, -0.25) is 9.59 Å². The average Bonchev–Trinajstić information content (AvgIpc) is 2.14. The lowest BCUT2D eigenvalue weighted by Crippen LogP contribution is -2.49. The van der Waals surface area contributed by atoms with E-state index in [1.165, 1.54) is 7.05 Å². The summed E-state index contributed by atoms with van der Waals surface area (Å²) in [7, 11) is -2.74. The second kappa shape index (κ2) is 5.94. The summed E-state index contributed by atoms with van der Waals surface area (Å²) in [6, 6.07) is -2.05. The Balaban J connectivity index is 4.88. The first kappa shape index (κ1) is 15.8. The van der Waals surface area contributed by atoms with Crippen LogP contribution in [0.5, 0.6) is 0 Å². The van der Waals surface area contributed by atoms with Gasteiger partial charge in [0.2, 0.25) is 0 Å². The number of carboxylic acids is 2. The highest BCUT2D eigenvalue weighted by Gasteiger charge is 2.29. The van der Waals surface area contributed by atoms with Gasteiger partial charge < -0.3 is 10.2 Å². The fraction of sp³-hybridized carbons (Fsp3) is 0.750. The van der Waals surface area contributed by atoms with Gasteiger partial charge in [-0.05, 0) is 13.8 Å². The Labute approximate surface area is 99.4 Å². The van der Waals surface area contributed by atoms with E-state index in [0.29, 0.717) is 0 Å². The van der Waals surface area contributed by atoms with Gasteiger partial charge >= 0.3 is 11.9 Å². The molecule has 0 aromatic heterocycles. The van der Waals surface area contributed by atoms with Crippen molar-refractivity contribution in [3.05, 3.63) is 0 Å². The highest BCUT2D eigenvalue weighted by atomic mass is 32.2. The van der Waals surface area contributed by atoms with Gasteiger partial charge in [0.1, 0.15) is 6.04 Å². The van der Waals surface area contributed by atoms with Gasteiger partial charge in [0, 0.05) is 13.1 Å². The second-order valence-corrected chi connectivity index (χ2v) is 5.48. The van der Waals surface area contributed by atoms with E-state index in [1.54, 1.807) is 13.8 Å². The molecule has 0 radical (unpaired) electrons. The largest absolute Gasteiger partial charge is 0.481 e. The fourth-order valence-electron chi connectivity index (χ4n) is 0.894. The first-order valence-corrected chi connectivity index (χ1v) is 6.21. The van der Waals surface area contributed by atoms with Gasteiger partial charge in [-0.15, -0.1) is 0 Å². The Morgan fingerprint density at radius 2 is 1.76 bits per heavy atom. The number of rotatable bonds is 7. The third kappa shape index (κ3) is 5.11. The molecule has 0 aliphatic rings. The molecule has 0 bridgehead atoms. The highest BCUT2D eigenvalue weighted by Crippen LogP contribution is 2.04. The number of nitrogens with zero attached hydrogens (tertiary/aromatic N) is 1. The molecular formula is C8H16N2O6S. The Morgan fingerprint density at radius 1 is 1.29 bits per heavy atom. The maximum atomic E-state index is 11.6. The minimum absolute atomic E-state index is 0.369. The first-order valence-electron chi connectivity index (χ1n) is 4.77. The Morgan fingerprint density at radius 3 is 2.06 bits per heavy atom. The Hall–Kier alpha value is -1.19. The molecule has 0 unspecified atom stereocenters. The van der Waals surface area contributed by atoms with E-state index in [1.807, 2.05) is 4.72 Å². The van der Waals surface area contributed by atoms with E-state index in [0.717, 1.165) is 4.31 Å². The van der Waals surface area contributed by atoms with Crippen LogP contribution in [0.4, 0.5) is 0 Å². The lowest BCUT2D eigenvalue weighted by Gasteiger charge is -2.23. The van der Waals surface area contributed by atoms with Crippen LogP contribution in [-0.4, -0.2) is 54.0 Å². The number of carboxylic acid groups (broad SMARTS) is 2. The molecule has 0 aliphatic carbocycles. The molecule has 0 saturated heterocycles. The minimum atomic E-state index is -4.01. The number of carbonyl (C=O) groups is 2. The zero-order valence-electron chi connectivity index (χ0n) is 9.74. The maximum Gasteiger partial charge on any atom is 0.322 e. The van der Waals surface area contributed by atoms with E-state index >= 15 is 0 Å². The van der Waals surface area contributed by atoms with Crippen molar-refractivity contribution in [1.82, 2.24) is 9.03 Å². The number of aliphatic carboxylic acids is 2. The summed E-state index contributed by atoms with van der Waals surface area (Å²) >= 11 is 0. The van der Waals surface area contributed by atoms with E-state index in [-0.39, 0.29) is 6.04 Å². The molecule has 0 amide bonds. The minimum Gasteiger partial charge on any atom is -0.481 e. The SMILES string of the molecule is CC(C)N(C)S(=O)(=O)N[C@@H](CC(=O)O)C(=O)O. The monoisotopic (exact) mass is 268 g/mol. The van der Waals surface area contributed by atoms with Crippen molar-refractivity contribution in [2.75, 3.05) is 7.05 Å². The van der Waals surface area contributed by atoms with Crippen LogP contribution in [0.1, 0.15) is 20.3 Å². The summed E-state index contributed by atoms with van der Waals surface area (Å²) in [6.45, 7) is 3.21. The smallest absolute Gasteiger partial charge is 0.322 e. The van der Waals surface area contributed by atoms with Crippen LogP contribution in [0.3, 0.4) is 0 Å². The van der Waals surface area contributed by atoms with Crippen molar-refractivity contribution in [2.24, 2.45) is 0 Å². The zero-order valence-corrected chi connectivity index (χ0v) is 10.6. The molecule has 0 rings (SSSR count). The lowest BCUT2D eigenvalue weighted by molar-refractivity contribution is -0.145. The number of hydrogen-bond acceptors (Lipinski definition) is 4. The topological polar surface area (TPSA) is 124 Å². The summed E-state index contributed by atoms with van der Waals surface area (Å²) in [5.74, 6) is -2.93. The standard InChI is InChI=1S/C8H16N2O6S/c1-5(2)10(3)17(15,16)9-6(8(13)14)4-7(11)12/h5-6,9H,4H2,1-3H3,(H,11,12)(H,13,14)/t6-/m0/s1. The third-order valence-corrected chi connectivity index (χ3v) is 3.84. The molecule has 1 atom stereocenters. The van der Waals surface area contributed by atoms with E-state index in [4.69, 9.17) is 10.2 Å². The van der Waals surface area contributed by atoms with Crippen LogP contribution in [0.15, 0.2) is 0 Å². The highest BCUT2D eigenvalue weighted by molar-refractivity contribution is 7.87. The quantitative estimate of drug-likeness (QED) is 0.549. The molecule has 0 saturated carbocycles. The molecular weight excluding hydrogens is 252 g/mol. The molecule has 100 valence electrons. The molecule has 9 heteroatoms. The van der Waals surface area contributed by atoms with Gasteiger partial charge in [0.05, 0.1) is 6.42 Å². The predicted molar refractivity (Wildman–Crippen MR) is 58.6 cm³/mol. The van der Waals surface area contributed by atoms with E-state index in [9.17, 15) is 18.0 Å². The van der Waals surface area contributed by atoms with E-state index in [2.05, 4.69) is 0 Å². The van der Waals surface area contributed by atoms with Crippen molar-refractivity contribution < 1.29 is 28.2 Å². The number of hydrogen-bond donors (Lipinski definition) is 3. The zero-order chi connectivity index (χ0) is 13.8. The third-order valence-electron chi connectivity index (χ3n) is 2.07. The predicted octanol–water partition coefficient (Wildman–Crippen LogP) is -0.911. The van der Waals surface area contributed by atoms with Crippen molar-refractivity contribution >= 4 is 22.1 Å². The van der Waals surface area contributed by atoms with Gasteiger partial charge in [0.15, 0.2) is 0 Å². The van der Waals surface area contributed by atoms with Crippen LogP contribution >= 0.6 is 0 Å². The molecule has 0 spiro atoms. The molecule has 3 N–H and O–H groups in total. The van der Waals surface area contributed by atoms with Gasteiger partial charge in [-0.25, -0.2) is 0 Å². The first-order chi connectivity index (χ1) is 7.58. The fourth-order valence-corrected chi connectivity index (χ4v) is 2.16. The molecule has 0 aromatic rings. The van der Waals surface area contributed by atoms with Crippen molar-refractivity contribution in [2.45, 2.75) is 32.4 Å². The molecule has 8 nitrogen and oxygen atoms in total. The Kier molecular flexibility index (Phi) is 5.52. The molecule has 0 fully saturated rings. The van der Waals surface area contributed by atoms with Crippen LogP contribution in [0, 0.1) is 0 Å². The van der Waals surface area contributed by atoms with Crippen LogP contribution in [-0.2, 0) is 19.8 Å². The lowest BCUT2D eigenvalue weighted by atomic mass is 10.2. The maximum absolute atomic E-state index is 11.6.